The molecule has 2 heterocycles. The lowest BCUT2D eigenvalue weighted by Gasteiger charge is -2.26. The number of carbonyl (C=O) groups is 3. The number of imide groups is 2. The van der Waals surface area contributed by atoms with Crippen LogP contribution in [0, 0.1) is 12.7 Å². The van der Waals surface area contributed by atoms with Crippen LogP contribution >= 0.6 is 11.6 Å². The van der Waals surface area contributed by atoms with Gasteiger partial charge >= 0.3 is 6.03 Å². The van der Waals surface area contributed by atoms with Crippen LogP contribution in [-0.2, 0) is 16.1 Å². The van der Waals surface area contributed by atoms with Crippen LogP contribution in [0.15, 0.2) is 78.5 Å². The summed E-state index contributed by atoms with van der Waals surface area (Å²) in [6, 6.07) is 17.0. The van der Waals surface area contributed by atoms with Crippen LogP contribution in [0.25, 0.3) is 17.0 Å². The number of halogens is 2. The molecule has 186 valence electrons. The molecule has 1 aliphatic rings. The second-order valence-electron chi connectivity index (χ2n) is 8.49. The lowest BCUT2D eigenvalue weighted by molar-refractivity contribution is -0.122. The van der Waals surface area contributed by atoms with Gasteiger partial charge in [-0.2, -0.15) is 0 Å². The quantitative estimate of drug-likeness (QED) is 0.271. The Morgan fingerprint density at radius 2 is 1.78 bits per heavy atom. The predicted molar refractivity (Wildman–Crippen MR) is 139 cm³/mol. The molecule has 1 aromatic heterocycles. The van der Waals surface area contributed by atoms with E-state index in [2.05, 4.69) is 5.32 Å². The van der Waals surface area contributed by atoms with Crippen molar-refractivity contribution in [1.29, 1.82) is 0 Å². The molecule has 0 atom stereocenters. The molecule has 0 radical (unpaired) electrons. The number of hydrogen-bond donors (Lipinski definition) is 1. The third-order valence-corrected chi connectivity index (χ3v) is 6.27. The third kappa shape index (κ3) is 4.83. The van der Waals surface area contributed by atoms with Gasteiger partial charge in [0.2, 0.25) is 0 Å². The Balaban J connectivity index is 1.44. The number of barbiturate groups is 1. The van der Waals surface area contributed by atoms with Crippen LogP contribution in [-0.4, -0.2) is 29.0 Å². The summed E-state index contributed by atoms with van der Waals surface area (Å²) in [4.78, 5) is 39.1. The van der Waals surface area contributed by atoms with Gasteiger partial charge in [-0.1, -0.05) is 29.8 Å². The fraction of sp³-hybridized carbons (Fsp3) is 0.107. The molecule has 3 aromatic carbocycles. The van der Waals surface area contributed by atoms with Crippen LogP contribution in [0.3, 0.4) is 0 Å². The van der Waals surface area contributed by atoms with Gasteiger partial charge in [-0.05, 0) is 67.1 Å². The lowest BCUT2D eigenvalue weighted by Crippen LogP contribution is -2.54. The van der Waals surface area contributed by atoms with Gasteiger partial charge in [-0.25, -0.2) is 14.1 Å². The number of rotatable bonds is 6. The van der Waals surface area contributed by atoms with Crippen LogP contribution in [0.2, 0.25) is 5.02 Å². The van der Waals surface area contributed by atoms with Crippen LogP contribution in [0.1, 0.15) is 11.1 Å². The van der Waals surface area contributed by atoms with Crippen molar-refractivity contribution in [3.05, 3.63) is 100 Å². The van der Waals surface area contributed by atoms with E-state index in [9.17, 15) is 18.8 Å². The van der Waals surface area contributed by atoms with Crippen molar-refractivity contribution in [2.45, 2.75) is 13.5 Å². The summed E-state index contributed by atoms with van der Waals surface area (Å²) in [6.45, 7) is 2.80. The summed E-state index contributed by atoms with van der Waals surface area (Å²) in [5.74, 6) is -1.37. The van der Waals surface area contributed by atoms with Crippen molar-refractivity contribution in [2.75, 3.05) is 11.5 Å². The molecule has 0 spiro atoms. The van der Waals surface area contributed by atoms with E-state index in [1.165, 1.54) is 18.2 Å². The highest BCUT2D eigenvalue weighted by Gasteiger charge is 2.37. The van der Waals surface area contributed by atoms with E-state index in [-0.39, 0.29) is 11.3 Å². The highest BCUT2D eigenvalue weighted by molar-refractivity contribution is 6.39. The molecular weight excluding hydrogens is 497 g/mol. The number of fused-ring (bicyclic) bond motifs is 1. The lowest BCUT2D eigenvalue weighted by atomic mass is 10.1. The Kier molecular flexibility index (Phi) is 6.50. The van der Waals surface area contributed by atoms with Gasteiger partial charge in [-0.3, -0.25) is 14.9 Å². The molecule has 1 fully saturated rings. The SMILES string of the molecule is Cc1cc(Cl)ccc1OCCn1cc(C=C2C(=O)NC(=O)N(c3ccc(F)cc3)C2=O)c2ccccc21. The molecule has 7 nitrogen and oxygen atoms in total. The minimum atomic E-state index is -0.893. The molecule has 4 amide bonds. The first-order valence-corrected chi connectivity index (χ1v) is 11.8. The van der Waals surface area contributed by atoms with Gasteiger partial charge in [-0.15, -0.1) is 0 Å². The van der Waals surface area contributed by atoms with Gasteiger partial charge < -0.3 is 9.30 Å². The van der Waals surface area contributed by atoms with E-state index in [1.807, 2.05) is 54.1 Å². The summed E-state index contributed by atoms with van der Waals surface area (Å²) in [5, 5.41) is 3.65. The number of nitrogens with zero attached hydrogens (tertiary/aromatic N) is 2. The van der Waals surface area contributed by atoms with Gasteiger partial charge in [0.15, 0.2) is 0 Å². The number of nitrogens with one attached hydrogen (secondary N) is 1. The summed E-state index contributed by atoms with van der Waals surface area (Å²) < 4.78 is 21.3. The Hall–Kier alpha value is -4.43. The fourth-order valence-corrected chi connectivity index (χ4v) is 4.47. The molecule has 1 aliphatic heterocycles. The Morgan fingerprint density at radius 1 is 1.03 bits per heavy atom. The smallest absolute Gasteiger partial charge is 0.335 e. The average Bonchev–Trinajstić information content (AvgIpc) is 3.21. The van der Waals surface area contributed by atoms with Crippen molar-refractivity contribution in [1.82, 2.24) is 9.88 Å². The number of benzene rings is 3. The fourth-order valence-electron chi connectivity index (χ4n) is 4.24. The van der Waals surface area contributed by atoms with E-state index >= 15 is 0 Å². The summed E-state index contributed by atoms with van der Waals surface area (Å²) in [7, 11) is 0. The second kappa shape index (κ2) is 9.91. The van der Waals surface area contributed by atoms with Crippen molar-refractivity contribution >= 4 is 52.1 Å². The highest BCUT2D eigenvalue weighted by Crippen LogP contribution is 2.27. The Bertz CT molecular complexity index is 1580. The highest BCUT2D eigenvalue weighted by atomic mass is 35.5. The maximum Gasteiger partial charge on any atom is 0.335 e. The van der Waals surface area contributed by atoms with E-state index < -0.39 is 23.7 Å². The maximum atomic E-state index is 13.4. The molecule has 0 unspecified atom stereocenters. The number of ether oxygens (including phenoxy) is 1. The van der Waals surface area contributed by atoms with Crippen molar-refractivity contribution in [3.8, 4) is 5.75 Å². The minimum Gasteiger partial charge on any atom is -0.491 e. The molecule has 1 saturated heterocycles. The molecule has 9 heteroatoms. The van der Waals surface area contributed by atoms with Gasteiger partial charge in [0, 0.05) is 27.7 Å². The molecule has 4 aromatic rings. The number of urea groups is 1. The summed E-state index contributed by atoms with van der Waals surface area (Å²) in [6.07, 6.45) is 3.29. The topological polar surface area (TPSA) is 80.6 Å². The summed E-state index contributed by atoms with van der Waals surface area (Å²) >= 11 is 6.02. The van der Waals surface area contributed by atoms with Crippen molar-refractivity contribution < 1.29 is 23.5 Å². The standard InChI is InChI=1S/C28H21ClFN3O4/c1-17-14-19(29)6-11-25(17)37-13-12-32-16-18(22-4-2-3-5-24(22)32)15-23-26(34)31-28(36)33(27(23)35)21-9-7-20(30)8-10-21/h2-11,14-16H,12-13H2,1H3,(H,31,34,36). The second-order valence-corrected chi connectivity index (χ2v) is 8.92. The molecule has 0 aliphatic carbocycles. The Morgan fingerprint density at radius 3 is 2.54 bits per heavy atom. The van der Waals surface area contributed by atoms with Crippen LogP contribution in [0.4, 0.5) is 14.9 Å². The Labute approximate surface area is 216 Å². The van der Waals surface area contributed by atoms with E-state index in [0.717, 1.165) is 39.2 Å². The average molecular weight is 518 g/mol. The number of anilines is 1. The number of carbonyl (C=O) groups excluding carboxylic acids is 3. The number of aryl methyl sites for hydroxylation is 1. The van der Waals surface area contributed by atoms with E-state index in [0.29, 0.717) is 23.7 Å². The first kappa shape index (κ1) is 24.3. The molecule has 0 bridgehead atoms. The molecule has 0 saturated carbocycles. The zero-order valence-corrected chi connectivity index (χ0v) is 20.5. The van der Waals surface area contributed by atoms with Gasteiger partial charge in [0.05, 0.1) is 12.2 Å². The monoisotopic (exact) mass is 517 g/mol. The molecule has 5 rings (SSSR count). The minimum absolute atomic E-state index is 0.152. The van der Waals surface area contributed by atoms with Crippen LogP contribution in [0.5, 0.6) is 5.75 Å². The normalized spacial score (nSPS) is 14.9. The zero-order chi connectivity index (χ0) is 26.1. The molecule has 1 N–H and O–H groups in total. The van der Waals surface area contributed by atoms with Gasteiger partial charge in [0.25, 0.3) is 11.8 Å². The third-order valence-electron chi connectivity index (χ3n) is 6.03. The predicted octanol–water partition coefficient (Wildman–Crippen LogP) is 5.49. The zero-order valence-electron chi connectivity index (χ0n) is 19.7. The largest absolute Gasteiger partial charge is 0.491 e. The maximum absolute atomic E-state index is 13.4. The van der Waals surface area contributed by atoms with Crippen molar-refractivity contribution in [3.63, 3.8) is 0 Å². The van der Waals surface area contributed by atoms with E-state index in [1.54, 1.807) is 6.07 Å². The number of aromatic nitrogens is 1. The summed E-state index contributed by atoms with van der Waals surface area (Å²) in [5.41, 5.74) is 2.39. The van der Waals surface area contributed by atoms with Gasteiger partial charge in [0.1, 0.15) is 23.7 Å². The molecule has 37 heavy (non-hydrogen) atoms. The first-order chi connectivity index (χ1) is 17.8. The number of para-hydroxylation sites is 1. The molecular formula is C28H21ClFN3O4. The van der Waals surface area contributed by atoms with Crippen LogP contribution < -0.4 is 15.0 Å². The van der Waals surface area contributed by atoms with E-state index in [4.69, 9.17) is 16.3 Å². The number of amides is 4. The first-order valence-electron chi connectivity index (χ1n) is 11.5. The number of hydrogen-bond acceptors (Lipinski definition) is 4. The van der Waals surface area contributed by atoms with Crippen molar-refractivity contribution in [2.24, 2.45) is 0 Å².